The highest BCUT2D eigenvalue weighted by Gasteiger charge is 2.17. The molecule has 1 aromatic heterocycles. The van der Waals surface area contributed by atoms with Gasteiger partial charge in [0.15, 0.2) is 0 Å². The number of fused-ring (bicyclic) bond motifs is 1. The first-order chi connectivity index (χ1) is 26.0. The molecule has 0 amide bonds. The second-order valence-electron chi connectivity index (χ2n) is 12.7. The van der Waals surface area contributed by atoms with Crippen molar-refractivity contribution in [1.29, 1.82) is 0 Å². The van der Waals surface area contributed by atoms with Crippen LogP contribution >= 0.6 is 11.7 Å². The van der Waals surface area contributed by atoms with Gasteiger partial charge in [0, 0.05) is 33.4 Å². The molecule has 0 N–H and O–H groups in total. The van der Waals surface area contributed by atoms with Crippen molar-refractivity contribution in [3.63, 3.8) is 0 Å². The maximum absolute atomic E-state index is 11.4. The van der Waals surface area contributed by atoms with Crippen LogP contribution in [0.3, 0.4) is 0 Å². The quantitative estimate of drug-likeness (QED) is 0.132. The predicted octanol–water partition coefficient (Wildman–Crippen LogP) is 10.9. The van der Waals surface area contributed by atoms with Gasteiger partial charge in [-0.25, -0.2) is 0 Å². The highest BCUT2D eigenvalue weighted by molar-refractivity contribution is 7.00. The summed E-state index contributed by atoms with van der Waals surface area (Å²) in [6, 6.07) is 46.8. The monoisotopic (exact) mass is 704 g/mol. The summed E-state index contributed by atoms with van der Waals surface area (Å²) >= 11 is 1.16. The van der Waals surface area contributed by atoms with Gasteiger partial charge in [-0.15, -0.1) is 0 Å². The maximum atomic E-state index is 11.4. The molecule has 1 heterocycles. The zero-order valence-corrected chi connectivity index (χ0v) is 28.9. The van der Waals surface area contributed by atoms with Crippen LogP contribution in [0.1, 0.15) is 41.4 Å². The van der Waals surface area contributed by atoms with Gasteiger partial charge < -0.3 is 0 Å². The van der Waals surface area contributed by atoms with Gasteiger partial charge in [0.05, 0.1) is 11.7 Å². The number of hydrogen-bond acceptors (Lipinski definition) is 7. The zero-order chi connectivity index (χ0) is 36.3. The lowest BCUT2D eigenvalue weighted by Crippen LogP contribution is -1.91. The molecule has 0 aliphatic carbocycles. The number of carbonyl (C=O) groups excluding carboxylic acids is 4. The summed E-state index contributed by atoms with van der Waals surface area (Å²) in [5.74, 6) is 0. The summed E-state index contributed by atoms with van der Waals surface area (Å²) in [4.78, 5) is 45.5. The number of aldehydes is 4. The highest BCUT2D eigenvalue weighted by atomic mass is 32.1. The summed E-state index contributed by atoms with van der Waals surface area (Å²) < 4.78 is 9.63. The van der Waals surface area contributed by atoms with E-state index >= 15 is 0 Å². The number of benzene rings is 7. The number of hydrogen-bond donors (Lipinski definition) is 0. The van der Waals surface area contributed by atoms with Crippen molar-refractivity contribution in [3.8, 4) is 66.8 Å². The second-order valence-corrected chi connectivity index (χ2v) is 13.2. The van der Waals surface area contributed by atoms with Gasteiger partial charge in [-0.05, 0) is 92.0 Å². The summed E-state index contributed by atoms with van der Waals surface area (Å²) in [5.41, 5.74) is 15.3. The smallest absolute Gasteiger partial charge is 0.150 e. The molecule has 0 aliphatic heterocycles. The van der Waals surface area contributed by atoms with Crippen LogP contribution in [0.25, 0.3) is 77.8 Å². The minimum Gasteiger partial charge on any atom is -0.298 e. The van der Waals surface area contributed by atoms with E-state index in [-0.39, 0.29) is 0 Å². The van der Waals surface area contributed by atoms with Gasteiger partial charge in [0.2, 0.25) is 0 Å². The molecule has 0 unspecified atom stereocenters. The third-order valence-corrected chi connectivity index (χ3v) is 9.95. The summed E-state index contributed by atoms with van der Waals surface area (Å²) in [5, 5.41) is 0. The number of rotatable bonds is 10. The molecule has 6 nitrogen and oxygen atoms in total. The summed E-state index contributed by atoms with van der Waals surface area (Å²) in [6.45, 7) is 0. The van der Waals surface area contributed by atoms with E-state index in [0.29, 0.717) is 22.3 Å². The van der Waals surface area contributed by atoms with Crippen LogP contribution < -0.4 is 0 Å². The summed E-state index contributed by atoms with van der Waals surface area (Å²) in [6.07, 6.45) is 3.33. The SMILES string of the molecule is O=Cc1ccc(-c2cc(-c3ccc(C=O)cc3)cc(-c3ccc(-c4cc(-c5ccc(C=O)cc5)cc(-c5ccc(C=O)cc5)c4)c4nsnc34)c2)cc1. The largest absolute Gasteiger partial charge is 0.298 e. The Bertz CT molecular complexity index is 2340. The molecule has 7 aromatic carbocycles. The first kappa shape index (κ1) is 33.2. The lowest BCUT2D eigenvalue weighted by molar-refractivity contribution is 0.111. The van der Waals surface area contributed by atoms with Gasteiger partial charge in [0.1, 0.15) is 36.2 Å². The molecular formula is C46H28N2O4S. The van der Waals surface area contributed by atoms with E-state index in [1.54, 1.807) is 48.5 Å². The fourth-order valence-electron chi connectivity index (χ4n) is 6.58. The van der Waals surface area contributed by atoms with E-state index in [2.05, 4.69) is 48.5 Å². The average molecular weight is 705 g/mol. The molecule has 0 saturated heterocycles. The van der Waals surface area contributed by atoms with E-state index in [1.807, 2.05) is 48.5 Å². The topological polar surface area (TPSA) is 94.1 Å². The van der Waals surface area contributed by atoms with Crippen molar-refractivity contribution in [2.24, 2.45) is 0 Å². The minimum absolute atomic E-state index is 0.601. The Morgan fingerprint density at radius 1 is 0.302 bits per heavy atom. The molecule has 0 radical (unpaired) electrons. The lowest BCUT2D eigenvalue weighted by atomic mass is 9.90. The number of nitrogens with zero attached hydrogens (tertiary/aromatic N) is 2. The van der Waals surface area contributed by atoms with Gasteiger partial charge in [-0.1, -0.05) is 109 Å². The number of carbonyl (C=O) groups is 4. The Kier molecular flexibility index (Phi) is 8.98. The van der Waals surface area contributed by atoms with E-state index < -0.39 is 0 Å². The third kappa shape index (κ3) is 6.65. The fourth-order valence-corrected chi connectivity index (χ4v) is 7.16. The number of aromatic nitrogens is 2. The Hall–Kier alpha value is -6.96. The fraction of sp³-hybridized carbons (Fsp3) is 0. The normalized spacial score (nSPS) is 10.9. The zero-order valence-electron chi connectivity index (χ0n) is 28.1. The lowest BCUT2D eigenvalue weighted by Gasteiger charge is -2.14. The first-order valence-electron chi connectivity index (χ1n) is 16.8. The van der Waals surface area contributed by atoms with Crippen LogP contribution in [-0.4, -0.2) is 33.9 Å². The molecule has 53 heavy (non-hydrogen) atoms. The molecule has 0 fully saturated rings. The van der Waals surface area contributed by atoms with Crippen molar-refractivity contribution in [2.45, 2.75) is 0 Å². The van der Waals surface area contributed by atoms with Gasteiger partial charge in [0.25, 0.3) is 0 Å². The maximum Gasteiger partial charge on any atom is 0.150 e. The van der Waals surface area contributed by atoms with Crippen LogP contribution in [0.4, 0.5) is 0 Å². The van der Waals surface area contributed by atoms with Crippen LogP contribution in [0.5, 0.6) is 0 Å². The van der Waals surface area contributed by atoms with Crippen molar-refractivity contribution >= 4 is 47.9 Å². The van der Waals surface area contributed by atoms with Crippen LogP contribution in [0, 0.1) is 0 Å². The molecule has 8 rings (SSSR count). The van der Waals surface area contributed by atoms with Crippen LogP contribution in [-0.2, 0) is 0 Å². The molecule has 8 aromatic rings. The summed E-state index contributed by atoms with van der Waals surface area (Å²) in [7, 11) is 0. The van der Waals surface area contributed by atoms with Crippen LogP contribution in [0.2, 0.25) is 0 Å². The van der Waals surface area contributed by atoms with Gasteiger partial charge in [-0.2, -0.15) is 8.75 Å². The molecule has 252 valence electrons. The Morgan fingerprint density at radius 3 is 0.792 bits per heavy atom. The van der Waals surface area contributed by atoms with Crippen LogP contribution in [0.15, 0.2) is 146 Å². The standard InChI is InChI=1S/C46H28N2O4S/c49-25-29-1-9-33(10-2-29)37-19-38(34-11-3-30(26-50)4-12-34)22-41(21-37)43-17-18-44(46-45(43)47-53-48-46)42-23-39(35-13-5-31(27-51)6-14-35)20-40(24-42)36-15-7-32(28-52)8-16-36/h1-28H. The Morgan fingerprint density at radius 2 is 0.547 bits per heavy atom. The molecule has 0 aliphatic rings. The predicted molar refractivity (Wildman–Crippen MR) is 212 cm³/mol. The average Bonchev–Trinajstić information content (AvgIpc) is 3.73. The van der Waals surface area contributed by atoms with E-state index in [0.717, 1.165) is 115 Å². The molecule has 0 bridgehead atoms. The Labute approximate surface area is 309 Å². The van der Waals surface area contributed by atoms with E-state index in [9.17, 15) is 19.2 Å². The Balaban J connectivity index is 1.29. The molecule has 0 saturated carbocycles. The molecule has 0 spiro atoms. The van der Waals surface area contributed by atoms with Crippen molar-refractivity contribution in [2.75, 3.05) is 0 Å². The van der Waals surface area contributed by atoms with Crippen molar-refractivity contribution in [3.05, 3.63) is 168 Å². The molecular weight excluding hydrogens is 677 g/mol. The van der Waals surface area contributed by atoms with E-state index in [4.69, 9.17) is 8.75 Å². The van der Waals surface area contributed by atoms with E-state index in [1.165, 1.54) is 0 Å². The van der Waals surface area contributed by atoms with Gasteiger partial charge in [-0.3, -0.25) is 19.2 Å². The second kappa shape index (κ2) is 14.3. The highest BCUT2D eigenvalue weighted by Crippen LogP contribution is 2.40. The van der Waals surface area contributed by atoms with Gasteiger partial charge >= 0.3 is 0 Å². The van der Waals surface area contributed by atoms with Crippen molar-refractivity contribution in [1.82, 2.24) is 8.75 Å². The molecule has 0 atom stereocenters. The molecule has 7 heteroatoms. The third-order valence-electron chi connectivity index (χ3n) is 9.42. The van der Waals surface area contributed by atoms with Crippen molar-refractivity contribution < 1.29 is 19.2 Å². The minimum atomic E-state index is 0.601. The first-order valence-corrected chi connectivity index (χ1v) is 17.6.